The average Bonchev–Trinajstić information content (AvgIpc) is 2.86. The molecule has 1 aliphatic heterocycles. The van der Waals surface area contributed by atoms with Crippen molar-refractivity contribution in [3.05, 3.63) is 28.8 Å². The number of aryl methyl sites for hydroxylation is 2. The summed E-state index contributed by atoms with van der Waals surface area (Å²) in [4.78, 5) is 2.46. The number of hydrogen-bond acceptors (Lipinski definition) is 4. The fraction of sp³-hybridized carbons (Fsp3) is 0.760. The maximum Gasteiger partial charge on any atom is 0.134 e. The molecule has 0 aromatic heterocycles. The second kappa shape index (κ2) is 8.95. The number of β-amino-alcohol motifs (C(OH)–C–C–N with tert-alkyl or cyclic N) is 1. The number of hydrogen-bond donors (Lipinski definition) is 1. The van der Waals surface area contributed by atoms with Gasteiger partial charge in [0.15, 0.2) is 0 Å². The Morgan fingerprint density at radius 2 is 1.76 bits per heavy atom. The van der Waals surface area contributed by atoms with Crippen LogP contribution in [0.4, 0.5) is 0 Å². The normalized spacial score (nSPS) is 29.5. The van der Waals surface area contributed by atoms with Gasteiger partial charge in [-0.25, -0.2) is 0 Å². The van der Waals surface area contributed by atoms with Gasteiger partial charge >= 0.3 is 0 Å². The molecule has 1 aliphatic carbocycles. The summed E-state index contributed by atoms with van der Waals surface area (Å²) in [5, 5.41) is 11.4. The van der Waals surface area contributed by atoms with Crippen molar-refractivity contribution in [3.8, 4) is 5.75 Å². The van der Waals surface area contributed by atoms with Gasteiger partial charge in [-0.1, -0.05) is 32.9 Å². The van der Waals surface area contributed by atoms with Crippen molar-refractivity contribution in [2.75, 3.05) is 32.9 Å². The highest BCUT2D eigenvalue weighted by atomic mass is 16.5. The molecule has 1 saturated heterocycles. The van der Waals surface area contributed by atoms with Crippen LogP contribution in [0.5, 0.6) is 5.75 Å². The van der Waals surface area contributed by atoms with Crippen molar-refractivity contribution in [3.63, 3.8) is 0 Å². The van der Waals surface area contributed by atoms with E-state index in [4.69, 9.17) is 9.47 Å². The zero-order chi connectivity index (χ0) is 21.2. The molecule has 4 heteroatoms. The largest absolute Gasteiger partial charge is 0.490 e. The molecule has 0 amide bonds. The van der Waals surface area contributed by atoms with Gasteiger partial charge in [-0.15, -0.1) is 0 Å². The lowest BCUT2D eigenvalue weighted by atomic mass is 9.71. The first-order valence-electron chi connectivity index (χ1n) is 11.3. The second-order valence-electron chi connectivity index (χ2n) is 10.6. The Kier molecular flexibility index (Phi) is 6.97. The van der Waals surface area contributed by atoms with Crippen molar-refractivity contribution in [1.82, 2.24) is 4.90 Å². The van der Waals surface area contributed by atoms with Crippen LogP contribution in [0.2, 0.25) is 0 Å². The minimum Gasteiger partial charge on any atom is -0.490 e. The van der Waals surface area contributed by atoms with Crippen LogP contribution in [0.25, 0.3) is 0 Å². The van der Waals surface area contributed by atoms with E-state index in [2.05, 4.69) is 58.6 Å². The van der Waals surface area contributed by atoms with Crippen LogP contribution in [-0.4, -0.2) is 54.6 Å². The molecule has 3 rings (SSSR count). The lowest BCUT2D eigenvalue weighted by Crippen LogP contribution is -2.52. The molecule has 2 fully saturated rings. The summed E-state index contributed by atoms with van der Waals surface area (Å²) in [5.41, 5.74) is 2.90. The maximum absolute atomic E-state index is 11.4. The highest BCUT2D eigenvalue weighted by molar-refractivity contribution is 5.44. The summed E-state index contributed by atoms with van der Waals surface area (Å²) < 4.78 is 12.0. The summed E-state index contributed by atoms with van der Waals surface area (Å²) in [6, 6.07) is 4.76. The molecule has 1 aromatic rings. The highest BCUT2D eigenvalue weighted by Gasteiger charge is 2.38. The third-order valence-corrected chi connectivity index (χ3v) is 7.19. The summed E-state index contributed by atoms with van der Waals surface area (Å²) in [5.74, 6) is 1.70. The van der Waals surface area contributed by atoms with Crippen molar-refractivity contribution in [1.29, 1.82) is 0 Å². The Balaban J connectivity index is 1.64. The monoisotopic (exact) mass is 403 g/mol. The fourth-order valence-corrected chi connectivity index (χ4v) is 5.01. The van der Waals surface area contributed by atoms with Crippen LogP contribution in [-0.2, 0) is 4.74 Å². The summed E-state index contributed by atoms with van der Waals surface area (Å²) in [7, 11) is 0. The van der Waals surface area contributed by atoms with Gasteiger partial charge in [-0.3, -0.25) is 4.90 Å². The van der Waals surface area contributed by atoms with Crippen molar-refractivity contribution < 1.29 is 14.6 Å². The molecule has 1 heterocycles. The van der Waals surface area contributed by atoms with Gasteiger partial charge in [0.25, 0.3) is 0 Å². The molecule has 4 nitrogen and oxygen atoms in total. The number of rotatable bonds is 4. The molecule has 1 N–H and O–H groups in total. The summed E-state index contributed by atoms with van der Waals surface area (Å²) in [6.45, 7) is 16.2. The van der Waals surface area contributed by atoms with Gasteiger partial charge in [0.1, 0.15) is 18.0 Å². The SMILES string of the molecule is Cc1ccc(C)c(OCC2(O)COCCN(C3CCC(C(C)(C)C)CC3)C2)c1C. The van der Waals surface area contributed by atoms with Gasteiger partial charge in [-0.2, -0.15) is 0 Å². The molecular formula is C25H41NO3. The maximum atomic E-state index is 11.4. The van der Waals surface area contributed by atoms with Gasteiger partial charge in [0.2, 0.25) is 0 Å². The smallest absolute Gasteiger partial charge is 0.134 e. The van der Waals surface area contributed by atoms with Gasteiger partial charge in [0, 0.05) is 19.1 Å². The van der Waals surface area contributed by atoms with Gasteiger partial charge in [0.05, 0.1) is 13.2 Å². The second-order valence-corrected chi connectivity index (χ2v) is 10.6. The minimum absolute atomic E-state index is 0.270. The van der Waals surface area contributed by atoms with E-state index in [0.29, 0.717) is 31.2 Å². The van der Waals surface area contributed by atoms with Crippen LogP contribution in [0.15, 0.2) is 12.1 Å². The first-order chi connectivity index (χ1) is 13.6. The van der Waals surface area contributed by atoms with Crippen molar-refractivity contribution in [2.24, 2.45) is 11.3 Å². The number of benzene rings is 1. The van der Waals surface area contributed by atoms with Crippen LogP contribution >= 0.6 is 0 Å². The molecule has 164 valence electrons. The van der Waals surface area contributed by atoms with Crippen molar-refractivity contribution in [2.45, 2.75) is 78.9 Å². The van der Waals surface area contributed by atoms with Crippen LogP contribution in [0, 0.1) is 32.1 Å². The molecule has 1 aromatic carbocycles. The highest BCUT2D eigenvalue weighted by Crippen LogP contribution is 2.39. The van der Waals surface area contributed by atoms with Crippen LogP contribution < -0.4 is 4.74 Å². The Hall–Kier alpha value is -1.10. The molecule has 1 atom stereocenters. The molecule has 2 aliphatic rings. The lowest BCUT2D eigenvalue weighted by molar-refractivity contribution is -0.0693. The van der Waals surface area contributed by atoms with E-state index in [9.17, 15) is 5.11 Å². The third kappa shape index (κ3) is 5.53. The van der Waals surface area contributed by atoms with Gasteiger partial charge < -0.3 is 14.6 Å². The van der Waals surface area contributed by atoms with E-state index in [1.807, 2.05) is 0 Å². The Morgan fingerprint density at radius 1 is 1.10 bits per heavy atom. The topological polar surface area (TPSA) is 41.9 Å². The van der Waals surface area contributed by atoms with E-state index >= 15 is 0 Å². The van der Waals surface area contributed by atoms with Crippen LogP contribution in [0.3, 0.4) is 0 Å². The quantitative estimate of drug-likeness (QED) is 0.794. The first kappa shape index (κ1) is 22.6. The molecule has 0 spiro atoms. The standard InChI is InChI=1S/C25H41NO3/c1-18-7-8-19(2)23(20(18)3)29-17-25(27)15-26(13-14-28-16-25)22-11-9-21(10-12-22)24(4,5)6/h7-8,21-22,27H,9-17H2,1-6H3. The molecule has 0 radical (unpaired) electrons. The zero-order valence-electron chi connectivity index (χ0n) is 19.4. The van der Waals surface area contributed by atoms with E-state index in [-0.39, 0.29) is 6.61 Å². The Morgan fingerprint density at radius 3 is 2.41 bits per heavy atom. The number of ether oxygens (including phenoxy) is 2. The van der Waals surface area contributed by atoms with E-state index in [1.54, 1.807) is 0 Å². The first-order valence-corrected chi connectivity index (χ1v) is 11.3. The summed E-state index contributed by atoms with van der Waals surface area (Å²) >= 11 is 0. The zero-order valence-corrected chi connectivity index (χ0v) is 19.4. The summed E-state index contributed by atoms with van der Waals surface area (Å²) in [6.07, 6.45) is 4.99. The van der Waals surface area contributed by atoms with E-state index in [1.165, 1.54) is 31.2 Å². The minimum atomic E-state index is -0.972. The molecule has 1 saturated carbocycles. The van der Waals surface area contributed by atoms with E-state index < -0.39 is 5.60 Å². The molecule has 0 bridgehead atoms. The molecule has 29 heavy (non-hydrogen) atoms. The fourth-order valence-electron chi connectivity index (χ4n) is 5.01. The number of nitrogens with zero attached hydrogens (tertiary/aromatic N) is 1. The third-order valence-electron chi connectivity index (χ3n) is 7.19. The Bertz CT molecular complexity index is 688. The van der Waals surface area contributed by atoms with Crippen LogP contribution in [0.1, 0.15) is 63.1 Å². The van der Waals surface area contributed by atoms with Gasteiger partial charge in [-0.05, 0) is 74.5 Å². The molecular weight excluding hydrogens is 362 g/mol. The predicted molar refractivity (Wildman–Crippen MR) is 119 cm³/mol. The predicted octanol–water partition coefficient (Wildman–Crippen LogP) is 4.66. The average molecular weight is 404 g/mol. The van der Waals surface area contributed by atoms with Crippen molar-refractivity contribution >= 4 is 0 Å². The van der Waals surface area contributed by atoms with E-state index in [0.717, 1.165) is 29.3 Å². The number of aliphatic hydroxyl groups is 1. The Labute approximate surface area is 177 Å². The lowest BCUT2D eigenvalue weighted by Gasteiger charge is -2.42. The molecule has 1 unspecified atom stereocenters.